The lowest BCUT2D eigenvalue weighted by molar-refractivity contribution is -0.139. The molecular formula is C13H26O6. The third kappa shape index (κ3) is 22.5. The molecule has 0 radical (unpaired) electrons. The van der Waals surface area contributed by atoms with Gasteiger partial charge in [-0.25, -0.2) is 0 Å². The molecule has 0 amide bonds. The van der Waals surface area contributed by atoms with E-state index in [2.05, 4.69) is 0 Å². The van der Waals surface area contributed by atoms with Crippen molar-refractivity contribution in [2.75, 3.05) is 6.61 Å². The van der Waals surface area contributed by atoms with Crippen LogP contribution in [0.1, 0.15) is 58.3 Å². The van der Waals surface area contributed by atoms with Crippen LogP contribution in [-0.4, -0.2) is 45.1 Å². The average molecular weight is 278 g/mol. The molecule has 0 aliphatic heterocycles. The smallest absolute Gasteiger partial charge is 0.303 e. The van der Waals surface area contributed by atoms with Crippen molar-refractivity contribution in [1.82, 2.24) is 0 Å². The number of carboxylic acid groups (broad SMARTS) is 2. The minimum Gasteiger partial charge on any atom is -0.481 e. The minimum atomic E-state index is -0.870. The van der Waals surface area contributed by atoms with Crippen molar-refractivity contribution in [2.24, 2.45) is 0 Å². The zero-order chi connectivity index (χ0) is 15.1. The van der Waals surface area contributed by atoms with Gasteiger partial charge in [0.1, 0.15) is 0 Å². The highest BCUT2D eigenvalue weighted by Crippen LogP contribution is 2.02. The van der Waals surface area contributed by atoms with Gasteiger partial charge in [-0.2, -0.15) is 0 Å². The quantitative estimate of drug-likeness (QED) is 0.451. The number of aliphatic hydroxyl groups excluding tert-OH is 2. The number of carbonyl (C=O) groups is 2. The van der Waals surface area contributed by atoms with Crippen LogP contribution in [0.3, 0.4) is 0 Å². The Morgan fingerprint density at radius 1 is 0.947 bits per heavy atom. The Morgan fingerprint density at radius 2 is 1.42 bits per heavy atom. The van der Waals surface area contributed by atoms with Gasteiger partial charge in [0.05, 0.1) is 6.10 Å². The van der Waals surface area contributed by atoms with E-state index in [1.807, 2.05) is 6.92 Å². The second-order valence-electron chi connectivity index (χ2n) is 4.28. The predicted octanol–water partition coefficient (Wildman–Crippen LogP) is 1.64. The third-order valence-corrected chi connectivity index (χ3v) is 2.45. The topological polar surface area (TPSA) is 115 Å². The van der Waals surface area contributed by atoms with Crippen LogP contribution in [0.25, 0.3) is 0 Å². The summed E-state index contributed by atoms with van der Waals surface area (Å²) in [6, 6.07) is 0. The van der Waals surface area contributed by atoms with E-state index in [-0.39, 0.29) is 25.6 Å². The van der Waals surface area contributed by atoms with E-state index in [1.165, 1.54) is 0 Å². The summed E-state index contributed by atoms with van der Waals surface area (Å²) < 4.78 is 0. The van der Waals surface area contributed by atoms with Gasteiger partial charge in [0.25, 0.3) is 0 Å². The van der Waals surface area contributed by atoms with Crippen LogP contribution in [0.5, 0.6) is 0 Å². The van der Waals surface area contributed by atoms with Crippen molar-refractivity contribution in [1.29, 1.82) is 0 Å². The zero-order valence-corrected chi connectivity index (χ0v) is 11.5. The summed E-state index contributed by atoms with van der Waals surface area (Å²) in [5.74, 6) is -1.74. The summed E-state index contributed by atoms with van der Waals surface area (Å²) in [5.41, 5.74) is 0. The number of hydrogen-bond donors (Lipinski definition) is 4. The molecule has 0 aromatic heterocycles. The van der Waals surface area contributed by atoms with Crippen LogP contribution in [0.15, 0.2) is 0 Å². The van der Waals surface area contributed by atoms with Crippen molar-refractivity contribution < 1.29 is 30.0 Å². The normalized spacial score (nSPS) is 11.3. The van der Waals surface area contributed by atoms with E-state index in [0.29, 0.717) is 12.8 Å². The second kappa shape index (κ2) is 14.9. The Morgan fingerprint density at radius 3 is 1.74 bits per heavy atom. The van der Waals surface area contributed by atoms with E-state index in [4.69, 9.17) is 20.4 Å². The lowest BCUT2D eigenvalue weighted by Gasteiger charge is -2.04. The number of aliphatic carboxylic acids is 2. The Kier molecular flexibility index (Phi) is 15.8. The van der Waals surface area contributed by atoms with Crippen LogP contribution in [-0.2, 0) is 9.59 Å². The molecule has 1 unspecified atom stereocenters. The molecule has 6 heteroatoms. The lowest BCUT2D eigenvalue weighted by Crippen LogP contribution is -2.03. The molecule has 0 aliphatic rings. The largest absolute Gasteiger partial charge is 0.481 e. The van der Waals surface area contributed by atoms with Crippen molar-refractivity contribution in [3.05, 3.63) is 0 Å². The lowest BCUT2D eigenvalue weighted by atomic mass is 10.1. The SMILES string of the molecule is CCC(O)CCCCO.O=C(O)CCCCC(=O)O. The van der Waals surface area contributed by atoms with Crippen molar-refractivity contribution in [3.63, 3.8) is 0 Å². The highest BCUT2D eigenvalue weighted by atomic mass is 16.4. The third-order valence-electron chi connectivity index (χ3n) is 2.45. The van der Waals surface area contributed by atoms with Crippen molar-refractivity contribution >= 4 is 11.9 Å². The van der Waals surface area contributed by atoms with Crippen LogP contribution in [0.2, 0.25) is 0 Å². The zero-order valence-electron chi connectivity index (χ0n) is 11.5. The first kappa shape index (κ1) is 20.2. The van der Waals surface area contributed by atoms with Gasteiger partial charge in [-0.15, -0.1) is 0 Å². The Balaban J connectivity index is 0. The number of hydrogen-bond acceptors (Lipinski definition) is 4. The van der Waals surface area contributed by atoms with E-state index in [9.17, 15) is 9.59 Å². The molecule has 6 nitrogen and oxygen atoms in total. The van der Waals surface area contributed by atoms with E-state index in [1.54, 1.807) is 0 Å². The first-order valence-electron chi connectivity index (χ1n) is 6.66. The summed E-state index contributed by atoms with van der Waals surface area (Å²) in [4.78, 5) is 19.8. The summed E-state index contributed by atoms with van der Waals surface area (Å²) in [6.45, 7) is 2.21. The monoisotopic (exact) mass is 278 g/mol. The Bertz CT molecular complexity index is 213. The minimum absolute atomic E-state index is 0.0628. The maximum absolute atomic E-state index is 9.90. The molecule has 4 N–H and O–H groups in total. The van der Waals surface area contributed by atoms with E-state index in [0.717, 1.165) is 25.7 Å². The molecule has 0 heterocycles. The van der Waals surface area contributed by atoms with Gasteiger partial charge in [0, 0.05) is 19.4 Å². The number of unbranched alkanes of at least 4 members (excludes halogenated alkanes) is 2. The average Bonchev–Trinajstić information content (AvgIpc) is 2.35. The molecule has 0 rings (SSSR count). The molecule has 0 spiro atoms. The fourth-order valence-corrected chi connectivity index (χ4v) is 1.25. The molecule has 0 bridgehead atoms. The molecular weight excluding hydrogens is 252 g/mol. The molecule has 0 fully saturated rings. The summed E-state index contributed by atoms with van der Waals surface area (Å²) in [7, 11) is 0. The summed E-state index contributed by atoms with van der Waals surface area (Å²) in [5, 5.41) is 33.6. The first-order chi connectivity index (χ1) is 8.93. The van der Waals surface area contributed by atoms with Crippen LogP contribution in [0.4, 0.5) is 0 Å². The number of aliphatic hydroxyl groups is 2. The molecule has 0 saturated heterocycles. The van der Waals surface area contributed by atoms with E-state index >= 15 is 0 Å². The summed E-state index contributed by atoms with van der Waals surface area (Å²) >= 11 is 0. The van der Waals surface area contributed by atoms with Crippen LogP contribution < -0.4 is 0 Å². The van der Waals surface area contributed by atoms with Gasteiger partial charge in [0.15, 0.2) is 0 Å². The fraction of sp³-hybridized carbons (Fsp3) is 0.846. The molecule has 0 aromatic rings. The molecule has 0 aromatic carbocycles. The van der Waals surface area contributed by atoms with Gasteiger partial charge >= 0.3 is 11.9 Å². The molecule has 19 heavy (non-hydrogen) atoms. The highest BCUT2D eigenvalue weighted by molar-refractivity contribution is 5.67. The molecule has 1 atom stereocenters. The highest BCUT2D eigenvalue weighted by Gasteiger charge is 1.99. The first-order valence-corrected chi connectivity index (χ1v) is 6.66. The predicted molar refractivity (Wildman–Crippen MR) is 71.0 cm³/mol. The van der Waals surface area contributed by atoms with E-state index < -0.39 is 11.9 Å². The molecule has 114 valence electrons. The number of rotatable bonds is 10. The maximum Gasteiger partial charge on any atom is 0.303 e. The summed E-state index contributed by atoms with van der Waals surface area (Å²) in [6.07, 6.45) is 4.27. The van der Waals surface area contributed by atoms with Gasteiger partial charge in [-0.1, -0.05) is 6.92 Å². The standard InChI is InChI=1S/C7H16O2.C6H10O4/c1-2-7(9)5-3-4-6-8;7-5(8)3-1-2-4-6(9)10/h7-9H,2-6H2,1H3;1-4H2,(H,7,8)(H,9,10). The number of carboxylic acids is 2. The fourth-order valence-electron chi connectivity index (χ4n) is 1.25. The van der Waals surface area contributed by atoms with Gasteiger partial charge in [-0.05, 0) is 38.5 Å². The Labute approximate surface area is 114 Å². The van der Waals surface area contributed by atoms with Gasteiger partial charge in [-0.3, -0.25) is 9.59 Å². The van der Waals surface area contributed by atoms with Crippen molar-refractivity contribution in [3.8, 4) is 0 Å². The Hall–Kier alpha value is -1.14. The maximum atomic E-state index is 9.90. The van der Waals surface area contributed by atoms with Crippen molar-refractivity contribution in [2.45, 2.75) is 64.4 Å². The second-order valence-corrected chi connectivity index (χ2v) is 4.28. The van der Waals surface area contributed by atoms with Crippen LogP contribution in [0, 0.1) is 0 Å². The molecule has 0 saturated carbocycles. The van der Waals surface area contributed by atoms with Gasteiger partial charge < -0.3 is 20.4 Å². The van der Waals surface area contributed by atoms with Gasteiger partial charge in [0.2, 0.25) is 0 Å². The molecule has 0 aliphatic carbocycles. The van der Waals surface area contributed by atoms with Crippen LogP contribution >= 0.6 is 0 Å².